The SMILES string of the molecule is O=c1c2cc(F)ccc2nc(/C=C/c2cccc(CN3CCC(N4CCCC4)CC3)c2)n1-c1cccnc1Cl. The third-order valence-electron chi connectivity index (χ3n) is 7.83. The highest BCUT2D eigenvalue weighted by Gasteiger charge is 2.26. The van der Waals surface area contributed by atoms with Crippen molar-refractivity contribution in [1.82, 2.24) is 24.3 Å². The first-order valence-corrected chi connectivity index (χ1v) is 14.0. The molecule has 2 aromatic carbocycles. The third kappa shape index (κ3) is 5.66. The lowest BCUT2D eigenvalue weighted by atomic mass is 10.0. The van der Waals surface area contributed by atoms with E-state index in [-0.39, 0.29) is 10.5 Å². The maximum absolute atomic E-state index is 14.0. The Bertz CT molecular complexity index is 1570. The molecule has 2 saturated heterocycles. The van der Waals surface area contributed by atoms with Gasteiger partial charge >= 0.3 is 0 Å². The van der Waals surface area contributed by atoms with Crippen LogP contribution < -0.4 is 5.56 Å². The van der Waals surface area contributed by atoms with Crippen molar-refractivity contribution in [3.63, 3.8) is 0 Å². The van der Waals surface area contributed by atoms with Crippen LogP contribution >= 0.6 is 11.6 Å². The largest absolute Gasteiger partial charge is 0.300 e. The van der Waals surface area contributed by atoms with Crippen molar-refractivity contribution in [3.8, 4) is 5.69 Å². The van der Waals surface area contributed by atoms with E-state index in [1.165, 1.54) is 67.1 Å². The lowest BCUT2D eigenvalue weighted by Gasteiger charge is -2.36. The van der Waals surface area contributed by atoms with Gasteiger partial charge in [0.2, 0.25) is 0 Å². The van der Waals surface area contributed by atoms with Crippen molar-refractivity contribution >= 4 is 34.7 Å². The number of pyridine rings is 1. The van der Waals surface area contributed by atoms with Crippen molar-refractivity contribution in [2.45, 2.75) is 38.3 Å². The van der Waals surface area contributed by atoms with Gasteiger partial charge in [-0.15, -0.1) is 0 Å². The summed E-state index contributed by atoms with van der Waals surface area (Å²) in [6, 6.07) is 16.6. The normalized spacial score (nSPS) is 17.5. The average Bonchev–Trinajstić information content (AvgIpc) is 3.49. The zero-order valence-electron chi connectivity index (χ0n) is 21.8. The maximum atomic E-state index is 14.0. The molecule has 8 heteroatoms. The first-order valence-electron chi connectivity index (χ1n) is 13.6. The number of nitrogens with zero attached hydrogens (tertiary/aromatic N) is 5. The number of hydrogen-bond donors (Lipinski definition) is 0. The summed E-state index contributed by atoms with van der Waals surface area (Å²) in [5.74, 6) is -0.103. The Morgan fingerprint density at radius 1 is 0.974 bits per heavy atom. The standard InChI is InChI=1S/C31H31ClFN5O/c32-30-28(7-4-14-34-30)38-29(35-27-10-9-24(33)20-26(27)31(38)39)11-8-22-5-3-6-23(19-22)21-36-17-12-25(13-18-36)37-15-1-2-16-37/h3-11,14,19-20,25H,1-2,12-13,15-18,21H2/b11-8+. The molecular weight excluding hydrogens is 513 g/mol. The molecule has 0 amide bonds. The summed E-state index contributed by atoms with van der Waals surface area (Å²) in [7, 11) is 0. The van der Waals surface area contributed by atoms with Crippen LogP contribution in [0, 0.1) is 5.82 Å². The molecule has 0 aliphatic carbocycles. The molecule has 4 aromatic rings. The minimum absolute atomic E-state index is 0.169. The predicted molar refractivity (Wildman–Crippen MR) is 155 cm³/mol. The van der Waals surface area contributed by atoms with Gasteiger partial charge in [-0.25, -0.2) is 14.4 Å². The number of likely N-dealkylation sites (tertiary alicyclic amines) is 2. The molecule has 6 nitrogen and oxygen atoms in total. The van der Waals surface area contributed by atoms with Crippen molar-refractivity contribution in [2.24, 2.45) is 0 Å². The molecular formula is C31H31ClFN5O. The highest BCUT2D eigenvalue weighted by Crippen LogP contribution is 2.23. The highest BCUT2D eigenvalue weighted by atomic mass is 35.5. The molecule has 0 bridgehead atoms. The monoisotopic (exact) mass is 543 g/mol. The van der Waals surface area contributed by atoms with Crippen LogP contribution in [0.25, 0.3) is 28.7 Å². The number of halogens is 2. The van der Waals surface area contributed by atoms with Gasteiger partial charge in [0.25, 0.3) is 5.56 Å². The van der Waals surface area contributed by atoms with Gasteiger partial charge in [0.15, 0.2) is 5.15 Å². The van der Waals surface area contributed by atoms with Crippen LogP contribution in [0.3, 0.4) is 0 Å². The Morgan fingerprint density at radius 3 is 2.59 bits per heavy atom. The molecule has 0 radical (unpaired) electrons. The number of fused-ring (bicyclic) bond motifs is 1. The average molecular weight is 544 g/mol. The zero-order chi connectivity index (χ0) is 26.8. The molecule has 0 N–H and O–H groups in total. The van der Waals surface area contributed by atoms with Crippen molar-refractivity contribution < 1.29 is 4.39 Å². The summed E-state index contributed by atoms with van der Waals surface area (Å²) >= 11 is 6.36. The molecule has 4 heterocycles. The van der Waals surface area contributed by atoms with Gasteiger partial charge in [0.1, 0.15) is 11.6 Å². The van der Waals surface area contributed by atoms with Crippen LogP contribution in [0.4, 0.5) is 4.39 Å². The molecule has 6 rings (SSSR count). The van der Waals surface area contributed by atoms with Gasteiger partial charge in [-0.3, -0.25) is 14.3 Å². The van der Waals surface area contributed by atoms with E-state index in [0.29, 0.717) is 17.0 Å². The second-order valence-electron chi connectivity index (χ2n) is 10.4. The fourth-order valence-electron chi connectivity index (χ4n) is 5.84. The van der Waals surface area contributed by atoms with Crippen LogP contribution in [0.1, 0.15) is 42.6 Å². The number of rotatable bonds is 6. The lowest BCUT2D eigenvalue weighted by Crippen LogP contribution is -2.43. The summed E-state index contributed by atoms with van der Waals surface area (Å²) in [5.41, 5.74) is 2.68. The van der Waals surface area contributed by atoms with Crippen molar-refractivity contribution in [2.75, 3.05) is 26.2 Å². The molecule has 2 aliphatic rings. The summed E-state index contributed by atoms with van der Waals surface area (Å²) in [6.07, 6.45) is 10.5. The van der Waals surface area contributed by atoms with E-state index in [1.54, 1.807) is 24.4 Å². The van der Waals surface area contributed by atoms with E-state index in [4.69, 9.17) is 11.6 Å². The Hall–Kier alpha value is -3.39. The second kappa shape index (κ2) is 11.4. The van der Waals surface area contributed by atoms with Crippen LogP contribution in [0.5, 0.6) is 0 Å². The number of piperidine rings is 1. The summed E-state index contributed by atoms with van der Waals surface area (Å²) in [5, 5.41) is 0.352. The van der Waals surface area contributed by atoms with Gasteiger partial charge in [0, 0.05) is 18.8 Å². The minimum atomic E-state index is -0.495. The third-order valence-corrected chi connectivity index (χ3v) is 8.12. The van der Waals surface area contributed by atoms with Gasteiger partial charge in [0.05, 0.1) is 16.6 Å². The van der Waals surface area contributed by atoms with E-state index in [1.807, 2.05) is 12.1 Å². The Labute approximate surface area is 232 Å². The van der Waals surface area contributed by atoms with Crippen molar-refractivity contribution in [3.05, 3.63) is 99.1 Å². The highest BCUT2D eigenvalue weighted by molar-refractivity contribution is 6.31. The second-order valence-corrected chi connectivity index (χ2v) is 10.8. The Balaban J connectivity index is 1.25. The quantitative estimate of drug-likeness (QED) is 0.288. The Kier molecular flexibility index (Phi) is 7.55. The van der Waals surface area contributed by atoms with Crippen LogP contribution in [-0.4, -0.2) is 56.6 Å². The molecule has 2 aromatic heterocycles. The fraction of sp³-hybridized carbons (Fsp3) is 0.323. The molecule has 0 atom stereocenters. The molecule has 0 unspecified atom stereocenters. The van der Waals surface area contributed by atoms with Gasteiger partial charge in [-0.2, -0.15) is 0 Å². The zero-order valence-corrected chi connectivity index (χ0v) is 22.5. The summed E-state index contributed by atoms with van der Waals surface area (Å²) < 4.78 is 15.4. The Morgan fingerprint density at radius 2 is 1.79 bits per heavy atom. The lowest BCUT2D eigenvalue weighted by molar-refractivity contribution is 0.122. The summed E-state index contributed by atoms with van der Waals surface area (Å²) in [4.78, 5) is 27.5. The molecule has 2 aliphatic heterocycles. The van der Waals surface area contributed by atoms with E-state index in [2.05, 4.69) is 38.0 Å². The van der Waals surface area contributed by atoms with Gasteiger partial charge in [-0.1, -0.05) is 41.9 Å². The molecule has 39 heavy (non-hydrogen) atoms. The molecule has 0 saturated carbocycles. The van der Waals surface area contributed by atoms with Crippen LogP contribution in [0.15, 0.2) is 65.6 Å². The van der Waals surface area contributed by atoms with E-state index < -0.39 is 11.4 Å². The van der Waals surface area contributed by atoms with Crippen LogP contribution in [0.2, 0.25) is 5.15 Å². The van der Waals surface area contributed by atoms with Gasteiger partial charge in [-0.05, 0) is 99.4 Å². The molecule has 200 valence electrons. The van der Waals surface area contributed by atoms with E-state index in [0.717, 1.165) is 31.2 Å². The molecule has 0 spiro atoms. The smallest absolute Gasteiger partial charge is 0.266 e. The number of aromatic nitrogens is 3. The number of hydrogen-bond acceptors (Lipinski definition) is 5. The maximum Gasteiger partial charge on any atom is 0.266 e. The topological polar surface area (TPSA) is 54.3 Å². The first kappa shape index (κ1) is 25.9. The van der Waals surface area contributed by atoms with E-state index in [9.17, 15) is 9.18 Å². The molecule has 2 fully saturated rings. The van der Waals surface area contributed by atoms with Crippen molar-refractivity contribution in [1.29, 1.82) is 0 Å². The van der Waals surface area contributed by atoms with E-state index >= 15 is 0 Å². The minimum Gasteiger partial charge on any atom is -0.300 e. The predicted octanol–water partition coefficient (Wildman–Crippen LogP) is 5.80. The fourth-order valence-corrected chi connectivity index (χ4v) is 6.04. The summed E-state index contributed by atoms with van der Waals surface area (Å²) in [6.45, 7) is 5.71. The van der Waals surface area contributed by atoms with Gasteiger partial charge < -0.3 is 4.90 Å². The van der Waals surface area contributed by atoms with Crippen LogP contribution in [-0.2, 0) is 6.54 Å². The number of benzene rings is 2. The first-order chi connectivity index (χ1) is 19.0.